The van der Waals surface area contributed by atoms with E-state index >= 15 is 0 Å². The molecule has 0 amide bonds. The molecule has 0 bridgehead atoms. The molecular formula is C20H17ClN4O3S. The van der Waals surface area contributed by atoms with Crippen LogP contribution in [0.5, 0.6) is 5.75 Å². The Bertz CT molecular complexity index is 1130. The molecule has 4 aromatic rings. The van der Waals surface area contributed by atoms with Gasteiger partial charge in [0.15, 0.2) is 6.61 Å². The molecule has 0 unspecified atom stereocenters. The van der Waals surface area contributed by atoms with Gasteiger partial charge in [-0.15, -0.1) is 20.4 Å². The third-order valence-electron chi connectivity index (χ3n) is 4.03. The van der Waals surface area contributed by atoms with Gasteiger partial charge in [-0.1, -0.05) is 47.6 Å². The van der Waals surface area contributed by atoms with Gasteiger partial charge in [-0.25, -0.2) is 0 Å². The third-order valence-corrected chi connectivity index (χ3v) is 5.17. The smallest absolute Gasteiger partial charge is 0.277 e. The van der Waals surface area contributed by atoms with Gasteiger partial charge in [0.2, 0.25) is 11.8 Å². The number of aromatic nitrogens is 4. The van der Waals surface area contributed by atoms with Crippen molar-refractivity contribution in [3.63, 3.8) is 0 Å². The molecule has 0 N–H and O–H groups in total. The Kier molecular flexibility index (Phi) is 5.82. The summed E-state index contributed by atoms with van der Waals surface area (Å²) in [7, 11) is 0. The number of rotatable bonds is 7. The Balaban J connectivity index is 1.34. The maximum Gasteiger partial charge on any atom is 0.277 e. The van der Waals surface area contributed by atoms with Crippen LogP contribution in [0, 0.1) is 13.8 Å². The number of hydrogen-bond donors (Lipinski definition) is 0. The standard InChI is InChI=1S/C20H17ClN4O3S/c1-12-7-8-13(2)16(9-12)26-10-17-22-25-20(28-17)29-11-18-23-24-19(27-18)14-5-3-4-6-15(14)21/h3-9H,10-11H2,1-2H3. The number of hydrogen-bond acceptors (Lipinski definition) is 8. The quantitative estimate of drug-likeness (QED) is 0.368. The van der Waals surface area contributed by atoms with Crippen molar-refractivity contribution < 1.29 is 13.6 Å². The highest BCUT2D eigenvalue weighted by molar-refractivity contribution is 7.98. The van der Waals surface area contributed by atoms with E-state index in [-0.39, 0.29) is 6.61 Å². The molecular weight excluding hydrogens is 412 g/mol. The van der Waals surface area contributed by atoms with Gasteiger partial charge in [0.25, 0.3) is 11.1 Å². The van der Waals surface area contributed by atoms with Gasteiger partial charge in [0.1, 0.15) is 5.75 Å². The second-order valence-corrected chi connectivity index (χ2v) is 7.62. The first-order valence-electron chi connectivity index (χ1n) is 8.81. The van der Waals surface area contributed by atoms with E-state index in [1.54, 1.807) is 6.07 Å². The largest absolute Gasteiger partial charge is 0.484 e. The van der Waals surface area contributed by atoms with E-state index in [0.717, 1.165) is 16.9 Å². The molecule has 0 saturated carbocycles. The number of benzene rings is 2. The summed E-state index contributed by atoms with van der Waals surface area (Å²) < 4.78 is 17.1. The van der Waals surface area contributed by atoms with Crippen LogP contribution in [-0.2, 0) is 12.4 Å². The van der Waals surface area contributed by atoms with Gasteiger partial charge >= 0.3 is 0 Å². The van der Waals surface area contributed by atoms with E-state index in [9.17, 15) is 0 Å². The van der Waals surface area contributed by atoms with Crippen LogP contribution < -0.4 is 4.74 Å². The van der Waals surface area contributed by atoms with Gasteiger partial charge < -0.3 is 13.6 Å². The monoisotopic (exact) mass is 428 g/mol. The highest BCUT2D eigenvalue weighted by Crippen LogP contribution is 2.28. The number of halogens is 1. The maximum absolute atomic E-state index is 6.16. The summed E-state index contributed by atoms with van der Waals surface area (Å²) >= 11 is 7.47. The first-order valence-corrected chi connectivity index (χ1v) is 10.2. The lowest BCUT2D eigenvalue weighted by atomic mass is 10.1. The van der Waals surface area contributed by atoms with Crippen molar-refractivity contribution in [1.82, 2.24) is 20.4 Å². The Morgan fingerprint density at radius 1 is 0.966 bits per heavy atom. The molecule has 0 saturated heterocycles. The minimum absolute atomic E-state index is 0.203. The summed E-state index contributed by atoms with van der Waals surface area (Å²) in [5, 5.41) is 17.1. The van der Waals surface area contributed by atoms with Crippen LogP contribution in [0.3, 0.4) is 0 Å². The van der Waals surface area contributed by atoms with Crippen molar-refractivity contribution in [3.8, 4) is 17.2 Å². The summed E-state index contributed by atoms with van der Waals surface area (Å²) in [6, 6.07) is 13.3. The van der Waals surface area contributed by atoms with Crippen molar-refractivity contribution in [2.24, 2.45) is 0 Å². The Labute approximate surface area is 176 Å². The fourth-order valence-electron chi connectivity index (χ4n) is 2.54. The number of nitrogens with zero attached hydrogens (tertiary/aromatic N) is 4. The van der Waals surface area contributed by atoms with Crippen LogP contribution in [0.1, 0.15) is 22.9 Å². The lowest BCUT2D eigenvalue weighted by molar-refractivity contribution is 0.250. The van der Waals surface area contributed by atoms with E-state index in [1.165, 1.54) is 11.8 Å². The molecule has 148 valence electrons. The van der Waals surface area contributed by atoms with Crippen LogP contribution in [-0.4, -0.2) is 20.4 Å². The lowest BCUT2D eigenvalue weighted by Crippen LogP contribution is -1.97. The Hall–Kier alpha value is -2.84. The average Bonchev–Trinajstić information content (AvgIpc) is 3.37. The van der Waals surface area contributed by atoms with Crippen molar-refractivity contribution in [3.05, 3.63) is 70.4 Å². The van der Waals surface area contributed by atoms with E-state index in [4.69, 9.17) is 25.2 Å². The summed E-state index contributed by atoms with van der Waals surface area (Å²) in [6.07, 6.45) is 0. The first kappa shape index (κ1) is 19.5. The zero-order valence-electron chi connectivity index (χ0n) is 15.8. The molecule has 0 radical (unpaired) electrons. The van der Waals surface area contributed by atoms with Crippen molar-refractivity contribution in [2.75, 3.05) is 0 Å². The molecule has 0 atom stereocenters. The predicted molar refractivity (Wildman–Crippen MR) is 109 cm³/mol. The summed E-state index contributed by atoms with van der Waals surface area (Å²) in [4.78, 5) is 0. The van der Waals surface area contributed by atoms with Gasteiger partial charge in [0.05, 0.1) is 16.3 Å². The predicted octanol–water partition coefficient (Wildman–Crippen LogP) is 5.26. The van der Waals surface area contributed by atoms with Gasteiger partial charge in [0, 0.05) is 0 Å². The Morgan fingerprint density at radius 3 is 2.66 bits per heavy atom. The van der Waals surface area contributed by atoms with E-state index in [0.29, 0.717) is 39.2 Å². The average molecular weight is 429 g/mol. The third kappa shape index (κ3) is 4.78. The fraction of sp³-hybridized carbons (Fsp3) is 0.200. The molecule has 0 aliphatic heterocycles. The number of ether oxygens (including phenoxy) is 1. The summed E-state index contributed by atoms with van der Waals surface area (Å²) in [5.74, 6) is 2.42. The Morgan fingerprint density at radius 2 is 1.79 bits per heavy atom. The molecule has 2 heterocycles. The second kappa shape index (κ2) is 8.67. The van der Waals surface area contributed by atoms with Crippen molar-refractivity contribution >= 4 is 23.4 Å². The van der Waals surface area contributed by atoms with Crippen LogP contribution in [0.25, 0.3) is 11.5 Å². The highest BCUT2D eigenvalue weighted by atomic mass is 35.5. The summed E-state index contributed by atoms with van der Waals surface area (Å²) in [6.45, 7) is 4.21. The molecule has 0 spiro atoms. The minimum atomic E-state index is 0.203. The first-order chi connectivity index (χ1) is 14.1. The molecule has 29 heavy (non-hydrogen) atoms. The van der Waals surface area contributed by atoms with Crippen LogP contribution in [0.15, 0.2) is 56.5 Å². The van der Waals surface area contributed by atoms with E-state index in [2.05, 4.69) is 20.4 Å². The molecule has 0 aliphatic carbocycles. The van der Waals surface area contributed by atoms with Crippen molar-refractivity contribution in [1.29, 1.82) is 0 Å². The molecule has 2 aromatic heterocycles. The SMILES string of the molecule is Cc1ccc(C)c(OCc2nnc(SCc3nnc(-c4ccccc4Cl)o3)o2)c1. The van der Waals surface area contributed by atoms with Gasteiger partial charge in [-0.2, -0.15) is 0 Å². The van der Waals surface area contributed by atoms with E-state index in [1.807, 2.05) is 50.2 Å². The molecule has 7 nitrogen and oxygen atoms in total. The summed E-state index contributed by atoms with van der Waals surface area (Å²) in [5.41, 5.74) is 2.88. The lowest BCUT2D eigenvalue weighted by Gasteiger charge is -2.07. The molecule has 9 heteroatoms. The van der Waals surface area contributed by atoms with Gasteiger partial charge in [-0.3, -0.25) is 0 Å². The molecule has 2 aromatic carbocycles. The van der Waals surface area contributed by atoms with Crippen LogP contribution >= 0.6 is 23.4 Å². The fourth-order valence-corrected chi connectivity index (χ4v) is 3.37. The van der Waals surface area contributed by atoms with Gasteiger partial charge in [-0.05, 0) is 43.2 Å². The number of aryl methyl sites for hydroxylation is 2. The van der Waals surface area contributed by atoms with Crippen LogP contribution in [0.2, 0.25) is 5.02 Å². The number of thioether (sulfide) groups is 1. The van der Waals surface area contributed by atoms with Crippen LogP contribution in [0.4, 0.5) is 0 Å². The molecule has 0 fully saturated rings. The van der Waals surface area contributed by atoms with Crippen molar-refractivity contribution in [2.45, 2.75) is 31.4 Å². The minimum Gasteiger partial charge on any atom is -0.484 e. The molecule has 4 rings (SSSR count). The van der Waals surface area contributed by atoms with E-state index < -0.39 is 0 Å². The topological polar surface area (TPSA) is 87.1 Å². The molecule has 0 aliphatic rings. The zero-order chi connectivity index (χ0) is 20.2. The normalized spacial score (nSPS) is 11.0. The maximum atomic E-state index is 6.16. The highest BCUT2D eigenvalue weighted by Gasteiger charge is 2.14. The second-order valence-electron chi connectivity index (χ2n) is 6.29. The zero-order valence-corrected chi connectivity index (χ0v) is 17.3.